The largest absolute Gasteiger partial charge is 0.346 e. The van der Waals surface area contributed by atoms with Crippen LogP contribution in [0.25, 0.3) is 0 Å². The standard InChI is InChI=1S/C20H29FN4O2/c21-18-6-4-17(5-7-18)15-23-8-3-9-24(13-12-23)16-19(26)22-14-20(27)25-10-1-2-11-25/h4-7H,1-3,8-16H2,(H,22,26). The van der Waals surface area contributed by atoms with Gasteiger partial charge in [-0.05, 0) is 50.0 Å². The first-order chi connectivity index (χ1) is 13.1. The molecule has 0 aromatic heterocycles. The number of hydrogen-bond donors (Lipinski definition) is 1. The van der Waals surface area contributed by atoms with E-state index in [2.05, 4.69) is 15.1 Å². The summed E-state index contributed by atoms with van der Waals surface area (Å²) < 4.78 is 13.0. The van der Waals surface area contributed by atoms with Crippen LogP contribution in [0.5, 0.6) is 0 Å². The smallest absolute Gasteiger partial charge is 0.241 e. The normalized spacial score (nSPS) is 19.1. The van der Waals surface area contributed by atoms with E-state index in [0.717, 1.165) is 70.6 Å². The van der Waals surface area contributed by atoms with Gasteiger partial charge in [0.2, 0.25) is 11.8 Å². The second kappa shape index (κ2) is 9.80. The Labute approximate surface area is 160 Å². The minimum Gasteiger partial charge on any atom is -0.346 e. The predicted octanol–water partition coefficient (Wildman–Crippen LogP) is 1.07. The quantitative estimate of drug-likeness (QED) is 0.807. The number of rotatable bonds is 6. The Hall–Kier alpha value is -1.99. The van der Waals surface area contributed by atoms with Crippen LogP contribution in [0.4, 0.5) is 4.39 Å². The zero-order chi connectivity index (χ0) is 19.1. The fraction of sp³-hybridized carbons (Fsp3) is 0.600. The Morgan fingerprint density at radius 2 is 1.56 bits per heavy atom. The molecule has 2 fully saturated rings. The molecule has 0 aliphatic carbocycles. The second-order valence-corrected chi connectivity index (χ2v) is 7.40. The van der Waals surface area contributed by atoms with Gasteiger partial charge >= 0.3 is 0 Å². The van der Waals surface area contributed by atoms with E-state index in [0.29, 0.717) is 6.54 Å². The van der Waals surface area contributed by atoms with Gasteiger partial charge in [0.15, 0.2) is 0 Å². The van der Waals surface area contributed by atoms with Crippen molar-refractivity contribution < 1.29 is 14.0 Å². The van der Waals surface area contributed by atoms with Crippen molar-refractivity contribution in [2.75, 3.05) is 52.4 Å². The third-order valence-corrected chi connectivity index (χ3v) is 5.26. The molecule has 1 N–H and O–H groups in total. The van der Waals surface area contributed by atoms with Gasteiger partial charge in [-0.3, -0.25) is 19.4 Å². The molecular weight excluding hydrogens is 347 g/mol. The van der Waals surface area contributed by atoms with Crippen LogP contribution < -0.4 is 5.32 Å². The number of likely N-dealkylation sites (tertiary alicyclic amines) is 1. The predicted molar refractivity (Wildman–Crippen MR) is 102 cm³/mol. The summed E-state index contributed by atoms with van der Waals surface area (Å²) in [6.45, 7) is 6.36. The molecule has 0 unspecified atom stereocenters. The van der Waals surface area contributed by atoms with Crippen LogP contribution in [-0.4, -0.2) is 78.9 Å². The van der Waals surface area contributed by atoms with E-state index in [1.165, 1.54) is 12.1 Å². The molecule has 3 rings (SSSR count). The van der Waals surface area contributed by atoms with Crippen LogP contribution in [-0.2, 0) is 16.1 Å². The molecule has 2 amide bonds. The average molecular weight is 376 g/mol. The highest BCUT2D eigenvalue weighted by atomic mass is 19.1. The summed E-state index contributed by atoms with van der Waals surface area (Å²) in [4.78, 5) is 30.5. The van der Waals surface area contributed by atoms with Crippen molar-refractivity contribution in [2.45, 2.75) is 25.8 Å². The highest BCUT2D eigenvalue weighted by Gasteiger charge is 2.20. The lowest BCUT2D eigenvalue weighted by molar-refractivity contribution is -0.132. The molecule has 0 radical (unpaired) electrons. The number of nitrogens with zero attached hydrogens (tertiary/aromatic N) is 3. The van der Waals surface area contributed by atoms with E-state index < -0.39 is 0 Å². The number of carbonyl (C=O) groups is 2. The number of halogens is 1. The third-order valence-electron chi connectivity index (χ3n) is 5.26. The maximum Gasteiger partial charge on any atom is 0.241 e. The van der Waals surface area contributed by atoms with Gasteiger partial charge in [0.25, 0.3) is 0 Å². The van der Waals surface area contributed by atoms with Gasteiger partial charge in [-0.15, -0.1) is 0 Å². The highest BCUT2D eigenvalue weighted by molar-refractivity contribution is 5.85. The SMILES string of the molecule is O=C(CN1CCCN(Cc2ccc(F)cc2)CC1)NCC(=O)N1CCCC1. The first-order valence-corrected chi connectivity index (χ1v) is 9.84. The van der Waals surface area contributed by atoms with Crippen LogP contribution in [0.1, 0.15) is 24.8 Å². The van der Waals surface area contributed by atoms with Gasteiger partial charge in [0.1, 0.15) is 5.82 Å². The lowest BCUT2D eigenvalue weighted by Crippen LogP contribution is -2.43. The highest BCUT2D eigenvalue weighted by Crippen LogP contribution is 2.10. The number of benzene rings is 1. The molecule has 0 saturated carbocycles. The van der Waals surface area contributed by atoms with Crippen molar-refractivity contribution >= 4 is 11.8 Å². The molecule has 2 aliphatic heterocycles. The minimum absolute atomic E-state index is 0.0159. The van der Waals surface area contributed by atoms with E-state index in [-0.39, 0.29) is 24.2 Å². The summed E-state index contributed by atoms with van der Waals surface area (Å²) in [5.74, 6) is -0.285. The lowest BCUT2D eigenvalue weighted by atomic mass is 10.2. The van der Waals surface area contributed by atoms with Crippen LogP contribution in [0.2, 0.25) is 0 Å². The molecule has 0 spiro atoms. The Kier molecular flexibility index (Phi) is 7.18. The minimum atomic E-state index is -0.213. The van der Waals surface area contributed by atoms with Gasteiger partial charge in [-0.1, -0.05) is 12.1 Å². The maximum absolute atomic E-state index is 13.0. The zero-order valence-electron chi connectivity index (χ0n) is 15.8. The summed E-state index contributed by atoms with van der Waals surface area (Å²) >= 11 is 0. The summed E-state index contributed by atoms with van der Waals surface area (Å²) in [6.07, 6.45) is 3.10. The molecule has 0 bridgehead atoms. The van der Waals surface area contributed by atoms with E-state index in [9.17, 15) is 14.0 Å². The topological polar surface area (TPSA) is 55.9 Å². The number of hydrogen-bond acceptors (Lipinski definition) is 4. The van der Waals surface area contributed by atoms with Crippen LogP contribution in [0, 0.1) is 5.82 Å². The van der Waals surface area contributed by atoms with Crippen molar-refractivity contribution in [3.8, 4) is 0 Å². The molecular formula is C20H29FN4O2. The molecule has 2 aliphatic rings. The van der Waals surface area contributed by atoms with Gasteiger partial charge in [-0.25, -0.2) is 4.39 Å². The molecule has 1 aromatic carbocycles. The van der Waals surface area contributed by atoms with Gasteiger partial charge in [-0.2, -0.15) is 0 Å². The van der Waals surface area contributed by atoms with Crippen LogP contribution in [0.3, 0.4) is 0 Å². The summed E-state index contributed by atoms with van der Waals surface area (Å²) in [5, 5.41) is 2.76. The fourth-order valence-electron chi connectivity index (χ4n) is 3.70. The van der Waals surface area contributed by atoms with E-state index in [4.69, 9.17) is 0 Å². The van der Waals surface area contributed by atoms with Crippen molar-refractivity contribution in [3.63, 3.8) is 0 Å². The Morgan fingerprint density at radius 1 is 0.889 bits per heavy atom. The third kappa shape index (κ3) is 6.29. The second-order valence-electron chi connectivity index (χ2n) is 7.40. The maximum atomic E-state index is 13.0. The summed E-state index contributed by atoms with van der Waals surface area (Å²) in [5.41, 5.74) is 1.10. The van der Waals surface area contributed by atoms with Crippen molar-refractivity contribution in [1.82, 2.24) is 20.0 Å². The van der Waals surface area contributed by atoms with Crippen molar-refractivity contribution in [2.24, 2.45) is 0 Å². The molecule has 7 heteroatoms. The van der Waals surface area contributed by atoms with Gasteiger partial charge < -0.3 is 10.2 Å². The number of carbonyl (C=O) groups excluding carboxylic acids is 2. The molecule has 2 saturated heterocycles. The van der Waals surface area contributed by atoms with Gasteiger partial charge in [0.05, 0.1) is 13.1 Å². The average Bonchev–Trinajstić information content (AvgIpc) is 3.12. The van der Waals surface area contributed by atoms with E-state index >= 15 is 0 Å². The number of amides is 2. The first kappa shape index (κ1) is 19.8. The Morgan fingerprint density at radius 3 is 2.30 bits per heavy atom. The van der Waals surface area contributed by atoms with Gasteiger partial charge in [0, 0.05) is 32.7 Å². The molecule has 148 valence electrons. The lowest BCUT2D eigenvalue weighted by Gasteiger charge is -2.22. The van der Waals surface area contributed by atoms with Crippen LogP contribution >= 0.6 is 0 Å². The number of nitrogens with one attached hydrogen (secondary N) is 1. The molecule has 0 atom stereocenters. The van der Waals surface area contributed by atoms with Crippen molar-refractivity contribution in [3.05, 3.63) is 35.6 Å². The van der Waals surface area contributed by atoms with E-state index in [1.807, 2.05) is 17.0 Å². The monoisotopic (exact) mass is 376 g/mol. The molecule has 2 heterocycles. The molecule has 27 heavy (non-hydrogen) atoms. The summed E-state index contributed by atoms with van der Waals surface area (Å²) in [7, 11) is 0. The summed E-state index contributed by atoms with van der Waals surface area (Å²) in [6, 6.07) is 6.63. The van der Waals surface area contributed by atoms with Crippen molar-refractivity contribution in [1.29, 1.82) is 0 Å². The zero-order valence-corrected chi connectivity index (χ0v) is 15.8. The Bertz CT molecular complexity index is 631. The fourth-order valence-corrected chi connectivity index (χ4v) is 3.70. The van der Waals surface area contributed by atoms with Crippen LogP contribution in [0.15, 0.2) is 24.3 Å². The van der Waals surface area contributed by atoms with E-state index in [1.54, 1.807) is 0 Å². The molecule has 6 nitrogen and oxygen atoms in total. The Balaban J connectivity index is 1.37. The first-order valence-electron chi connectivity index (χ1n) is 9.84. The molecule has 1 aromatic rings.